The first-order chi connectivity index (χ1) is 9.44. The predicted octanol–water partition coefficient (Wildman–Crippen LogP) is -0.459. The van der Waals surface area contributed by atoms with Gasteiger partial charge in [-0.05, 0) is 13.8 Å². The highest BCUT2D eigenvalue weighted by atomic mass is 16.5. The highest BCUT2D eigenvalue weighted by Crippen LogP contribution is 2.11. The van der Waals surface area contributed by atoms with Gasteiger partial charge in [0.05, 0.1) is 24.3 Å². The number of hydrogen-bond acceptors (Lipinski definition) is 5. The molecule has 0 aliphatic carbocycles. The summed E-state index contributed by atoms with van der Waals surface area (Å²) in [4.78, 5) is 24.4. The number of carboxylic acids is 1. The first-order valence-electron chi connectivity index (χ1n) is 6.48. The number of aromatic nitrogens is 3. The van der Waals surface area contributed by atoms with Crippen LogP contribution < -0.4 is 0 Å². The van der Waals surface area contributed by atoms with Crippen molar-refractivity contribution in [3.05, 3.63) is 11.9 Å². The van der Waals surface area contributed by atoms with Gasteiger partial charge in [0.15, 0.2) is 0 Å². The van der Waals surface area contributed by atoms with E-state index < -0.39 is 5.97 Å². The summed E-state index contributed by atoms with van der Waals surface area (Å²) in [5, 5.41) is 16.1. The summed E-state index contributed by atoms with van der Waals surface area (Å²) in [6.07, 6.45) is 1.32. The normalized spacial score (nSPS) is 22.8. The van der Waals surface area contributed by atoms with Crippen molar-refractivity contribution in [3.8, 4) is 0 Å². The molecule has 8 nitrogen and oxygen atoms in total. The number of nitrogens with zero attached hydrogens (tertiary/aromatic N) is 4. The number of ether oxygens (including phenoxy) is 1. The molecule has 110 valence electrons. The molecule has 0 spiro atoms. The zero-order chi connectivity index (χ0) is 14.7. The van der Waals surface area contributed by atoms with Crippen LogP contribution in [0.2, 0.25) is 0 Å². The third-order valence-electron chi connectivity index (χ3n) is 2.99. The maximum absolute atomic E-state index is 12.2. The van der Waals surface area contributed by atoms with E-state index in [2.05, 4.69) is 10.3 Å². The lowest BCUT2D eigenvalue weighted by atomic mass is 10.2. The molecule has 20 heavy (non-hydrogen) atoms. The van der Waals surface area contributed by atoms with Crippen LogP contribution in [-0.2, 0) is 27.3 Å². The van der Waals surface area contributed by atoms with Crippen molar-refractivity contribution in [2.24, 2.45) is 0 Å². The molecule has 2 unspecified atom stereocenters. The molecule has 0 aromatic carbocycles. The zero-order valence-corrected chi connectivity index (χ0v) is 11.5. The van der Waals surface area contributed by atoms with Crippen LogP contribution in [0.15, 0.2) is 6.20 Å². The van der Waals surface area contributed by atoms with Gasteiger partial charge in [0.1, 0.15) is 6.54 Å². The van der Waals surface area contributed by atoms with Gasteiger partial charge in [0.2, 0.25) is 5.91 Å². The number of aliphatic carboxylic acids is 1. The van der Waals surface area contributed by atoms with Gasteiger partial charge in [-0.15, -0.1) is 5.10 Å². The van der Waals surface area contributed by atoms with Gasteiger partial charge in [-0.2, -0.15) is 0 Å². The molecule has 0 saturated carbocycles. The number of morpholine rings is 1. The highest BCUT2D eigenvalue weighted by molar-refractivity contribution is 5.76. The van der Waals surface area contributed by atoms with E-state index in [0.717, 1.165) is 0 Å². The van der Waals surface area contributed by atoms with Crippen LogP contribution in [0, 0.1) is 0 Å². The fraction of sp³-hybridized carbons (Fsp3) is 0.667. The van der Waals surface area contributed by atoms with Gasteiger partial charge in [-0.1, -0.05) is 5.21 Å². The quantitative estimate of drug-likeness (QED) is 0.802. The fourth-order valence-corrected chi connectivity index (χ4v) is 2.27. The molecule has 2 heterocycles. The Balaban J connectivity index is 1.93. The van der Waals surface area contributed by atoms with Crippen molar-refractivity contribution in [3.63, 3.8) is 0 Å². The van der Waals surface area contributed by atoms with Crippen LogP contribution in [-0.4, -0.2) is 62.2 Å². The van der Waals surface area contributed by atoms with Crippen LogP contribution >= 0.6 is 0 Å². The van der Waals surface area contributed by atoms with Crippen molar-refractivity contribution in [2.45, 2.75) is 39.0 Å². The Morgan fingerprint density at radius 2 is 2.05 bits per heavy atom. The Labute approximate surface area is 116 Å². The Morgan fingerprint density at radius 3 is 2.65 bits per heavy atom. The maximum Gasteiger partial charge on any atom is 0.309 e. The number of carbonyl (C=O) groups excluding carboxylic acids is 1. The Kier molecular flexibility index (Phi) is 4.33. The topological polar surface area (TPSA) is 97.6 Å². The summed E-state index contributed by atoms with van der Waals surface area (Å²) in [7, 11) is 0. The van der Waals surface area contributed by atoms with E-state index in [1.807, 2.05) is 13.8 Å². The van der Waals surface area contributed by atoms with Crippen LogP contribution in [0.5, 0.6) is 0 Å². The molecule has 1 fully saturated rings. The summed E-state index contributed by atoms with van der Waals surface area (Å²) in [6, 6.07) is 0. The minimum absolute atomic E-state index is 0.0148. The lowest BCUT2D eigenvalue weighted by Crippen LogP contribution is -2.49. The van der Waals surface area contributed by atoms with Gasteiger partial charge >= 0.3 is 5.97 Å². The van der Waals surface area contributed by atoms with Crippen molar-refractivity contribution < 1.29 is 19.4 Å². The van der Waals surface area contributed by atoms with E-state index in [1.165, 1.54) is 10.9 Å². The van der Waals surface area contributed by atoms with Crippen molar-refractivity contribution in [1.29, 1.82) is 0 Å². The van der Waals surface area contributed by atoms with Crippen molar-refractivity contribution in [1.82, 2.24) is 19.9 Å². The molecule has 2 rings (SSSR count). The second-order valence-electron chi connectivity index (χ2n) is 5.03. The molecule has 8 heteroatoms. The minimum atomic E-state index is -0.973. The van der Waals surface area contributed by atoms with Crippen LogP contribution in [0.25, 0.3) is 0 Å². The smallest absolute Gasteiger partial charge is 0.309 e. The first-order valence-corrected chi connectivity index (χ1v) is 6.48. The molecule has 1 aliphatic rings. The lowest BCUT2D eigenvalue weighted by Gasteiger charge is -2.35. The predicted molar refractivity (Wildman–Crippen MR) is 68.0 cm³/mol. The summed E-state index contributed by atoms with van der Waals surface area (Å²) in [5.74, 6) is -1.04. The number of hydrogen-bond donors (Lipinski definition) is 1. The molecular weight excluding hydrogens is 264 g/mol. The molecule has 1 aliphatic heterocycles. The molecule has 0 radical (unpaired) electrons. The zero-order valence-electron chi connectivity index (χ0n) is 11.5. The van der Waals surface area contributed by atoms with Gasteiger partial charge in [-0.25, -0.2) is 4.68 Å². The monoisotopic (exact) mass is 282 g/mol. The Hall–Kier alpha value is -1.96. The Morgan fingerprint density at radius 1 is 1.40 bits per heavy atom. The molecule has 1 N–H and O–H groups in total. The third kappa shape index (κ3) is 3.77. The molecule has 2 atom stereocenters. The van der Waals surface area contributed by atoms with Crippen molar-refractivity contribution in [2.75, 3.05) is 13.1 Å². The fourth-order valence-electron chi connectivity index (χ4n) is 2.27. The summed E-state index contributed by atoms with van der Waals surface area (Å²) in [6.45, 7) is 5.03. The maximum atomic E-state index is 12.2. The summed E-state index contributed by atoms with van der Waals surface area (Å²) >= 11 is 0. The SMILES string of the molecule is CC1CN(C(=O)Cn2cc(CC(=O)O)nn2)CC(C)O1. The summed E-state index contributed by atoms with van der Waals surface area (Å²) < 4.78 is 6.94. The second kappa shape index (κ2) is 6.00. The molecular formula is C12H18N4O4. The van der Waals surface area contributed by atoms with E-state index in [-0.39, 0.29) is 31.1 Å². The van der Waals surface area contributed by atoms with Crippen LogP contribution in [0.4, 0.5) is 0 Å². The van der Waals surface area contributed by atoms with Crippen molar-refractivity contribution >= 4 is 11.9 Å². The summed E-state index contributed by atoms with van der Waals surface area (Å²) in [5.41, 5.74) is 0.342. The number of carbonyl (C=O) groups is 2. The number of amides is 1. The van der Waals surface area contributed by atoms with Gasteiger partial charge < -0.3 is 14.7 Å². The molecule has 1 aromatic heterocycles. The van der Waals surface area contributed by atoms with E-state index in [9.17, 15) is 9.59 Å². The second-order valence-corrected chi connectivity index (χ2v) is 5.03. The average molecular weight is 282 g/mol. The largest absolute Gasteiger partial charge is 0.481 e. The van der Waals surface area contributed by atoms with E-state index in [1.54, 1.807) is 4.90 Å². The number of carboxylic acid groups (broad SMARTS) is 1. The third-order valence-corrected chi connectivity index (χ3v) is 2.99. The highest BCUT2D eigenvalue weighted by Gasteiger charge is 2.26. The number of rotatable bonds is 4. The Bertz CT molecular complexity index is 491. The molecule has 1 amide bonds. The average Bonchev–Trinajstić information content (AvgIpc) is 2.74. The van der Waals surface area contributed by atoms with Crippen LogP contribution in [0.1, 0.15) is 19.5 Å². The van der Waals surface area contributed by atoms with Gasteiger partial charge in [0, 0.05) is 19.3 Å². The van der Waals surface area contributed by atoms with E-state index in [4.69, 9.17) is 9.84 Å². The van der Waals surface area contributed by atoms with E-state index >= 15 is 0 Å². The standard InChI is InChI=1S/C12H18N4O4/c1-8-4-15(5-9(2)20-8)11(17)7-16-6-10(13-14-16)3-12(18)19/h6,8-9H,3-5,7H2,1-2H3,(H,18,19). The van der Waals surface area contributed by atoms with E-state index in [0.29, 0.717) is 18.8 Å². The van der Waals surface area contributed by atoms with Gasteiger partial charge in [0.25, 0.3) is 0 Å². The molecule has 1 saturated heterocycles. The lowest BCUT2D eigenvalue weighted by molar-refractivity contribution is -0.144. The first kappa shape index (κ1) is 14.4. The van der Waals surface area contributed by atoms with Crippen LogP contribution in [0.3, 0.4) is 0 Å². The minimum Gasteiger partial charge on any atom is -0.481 e. The molecule has 0 bridgehead atoms. The molecule has 1 aromatic rings. The van der Waals surface area contributed by atoms with Gasteiger partial charge in [-0.3, -0.25) is 9.59 Å².